The molecule has 0 aromatic heterocycles. The third-order valence-corrected chi connectivity index (χ3v) is 5.98. The standard InChI is InChI=1S/C20H19BrN2O4S/c1-13(15-6-4-7-16(11-15)28(22,25)26)23-19(24)12-27-18-10-9-14-5-2-3-8-17(14)20(18)21/h2-11,13H,12H2,1H3,(H,23,24)(H2,22,25,26). The van der Waals surface area contributed by atoms with Gasteiger partial charge in [0.05, 0.1) is 15.4 Å². The summed E-state index contributed by atoms with van der Waals surface area (Å²) in [6.07, 6.45) is 0. The number of hydrogen-bond donors (Lipinski definition) is 2. The number of amides is 1. The molecular weight excluding hydrogens is 444 g/mol. The Morgan fingerprint density at radius 2 is 1.89 bits per heavy atom. The summed E-state index contributed by atoms with van der Waals surface area (Å²) in [4.78, 5) is 12.3. The predicted octanol–water partition coefficient (Wildman–Crippen LogP) is 3.51. The van der Waals surface area contributed by atoms with Crippen molar-refractivity contribution in [3.63, 3.8) is 0 Å². The number of carbonyl (C=O) groups is 1. The molecule has 3 rings (SSSR count). The molecule has 0 saturated heterocycles. The van der Waals surface area contributed by atoms with Crippen LogP contribution in [0.5, 0.6) is 5.75 Å². The van der Waals surface area contributed by atoms with Gasteiger partial charge < -0.3 is 10.1 Å². The van der Waals surface area contributed by atoms with Gasteiger partial charge in [-0.15, -0.1) is 0 Å². The maximum atomic E-state index is 12.3. The van der Waals surface area contributed by atoms with Crippen LogP contribution in [0, 0.1) is 0 Å². The molecule has 146 valence electrons. The van der Waals surface area contributed by atoms with Gasteiger partial charge in [-0.05, 0) is 57.4 Å². The van der Waals surface area contributed by atoms with E-state index in [0.717, 1.165) is 15.2 Å². The first-order valence-electron chi connectivity index (χ1n) is 8.48. The lowest BCUT2D eigenvalue weighted by molar-refractivity contribution is -0.123. The van der Waals surface area contributed by atoms with Crippen LogP contribution in [0.15, 0.2) is 70.0 Å². The van der Waals surface area contributed by atoms with E-state index < -0.39 is 16.1 Å². The maximum absolute atomic E-state index is 12.3. The van der Waals surface area contributed by atoms with Gasteiger partial charge in [0, 0.05) is 0 Å². The van der Waals surface area contributed by atoms with Crippen molar-refractivity contribution in [2.45, 2.75) is 17.9 Å². The first-order chi connectivity index (χ1) is 13.3. The van der Waals surface area contributed by atoms with Crippen LogP contribution in [0.3, 0.4) is 0 Å². The molecule has 0 fully saturated rings. The van der Waals surface area contributed by atoms with Crippen LogP contribution in [0.1, 0.15) is 18.5 Å². The number of rotatable bonds is 6. The number of hydrogen-bond acceptors (Lipinski definition) is 4. The molecule has 0 radical (unpaired) electrons. The van der Waals surface area contributed by atoms with Crippen molar-refractivity contribution in [1.82, 2.24) is 5.32 Å². The van der Waals surface area contributed by atoms with Crippen molar-refractivity contribution in [1.29, 1.82) is 0 Å². The quantitative estimate of drug-likeness (QED) is 0.585. The van der Waals surface area contributed by atoms with E-state index in [-0.39, 0.29) is 17.4 Å². The zero-order valence-electron chi connectivity index (χ0n) is 15.1. The number of fused-ring (bicyclic) bond motifs is 1. The number of primary sulfonamides is 1. The SMILES string of the molecule is CC(NC(=O)COc1ccc2ccccc2c1Br)c1cccc(S(N)(=O)=O)c1. The molecule has 1 amide bonds. The van der Waals surface area contributed by atoms with E-state index in [0.29, 0.717) is 11.3 Å². The highest BCUT2D eigenvalue weighted by Gasteiger charge is 2.14. The summed E-state index contributed by atoms with van der Waals surface area (Å²) >= 11 is 3.52. The smallest absolute Gasteiger partial charge is 0.258 e. The van der Waals surface area contributed by atoms with E-state index in [9.17, 15) is 13.2 Å². The summed E-state index contributed by atoms with van der Waals surface area (Å²) in [6, 6.07) is 17.3. The number of nitrogens with one attached hydrogen (secondary N) is 1. The second-order valence-electron chi connectivity index (χ2n) is 6.29. The molecule has 0 aliphatic heterocycles. The molecule has 6 nitrogen and oxygen atoms in total. The van der Waals surface area contributed by atoms with Gasteiger partial charge in [-0.1, -0.05) is 42.5 Å². The van der Waals surface area contributed by atoms with Gasteiger partial charge in [-0.25, -0.2) is 13.6 Å². The second-order valence-corrected chi connectivity index (χ2v) is 8.65. The van der Waals surface area contributed by atoms with Crippen molar-refractivity contribution in [2.24, 2.45) is 5.14 Å². The lowest BCUT2D eigenvalue weighted by Gasteiger charge is -2.16. The average Bonchev–Trinajstić information content (AvgIpc) is 2.67. The van der Waals surface area contributed by atoms with Crippen LogP contribution in [0.4, 0.5) is 0 Å². The van der Waals surface area contributed by atoms with Crippen LogP contribution in [0.25, 0.3) is 10.8 Å². The van der Waals surface area contributed by atoms with Gasteiger partial charge in [0.2, 0.25) is 10.0 Å². The van der Waals surface area contributed by atoms with Gasteiger partial charge in [-0.2, -0.15) is 0 Å². The second kappa shape index (κ2) is 8.30. The summed E-state index contributed by atoms with van der Waals surface area (Å²) in [7, 11) is -3.80. The lowest BCUT2D eigenvalue weighted by atomic mass is 10.1. The van der Waals surface area contributed by atoms with Gasteiger partial charge >= 0.3 is 0 Å². The third-order valence-electron chi connectivity index (χ3n) is 4.25. The van der Waals surface area contributed by atoms with E-state index in [1.54, 1.807) is 25.1 Å². The molecule has 0 bridgehead atoms. The minimum Gasteiger partial charge on any atom is -0.483 e. The predicted molar refractivity (Wildman–Crippen MR) is 112 cm³/mol. The molecule has 1 unspecified atom stereocenters. The normalized spacial score (nSPS) is 12.5. The highest BCUT2D eigenvalue weighted by Crippen LogP contribution is 2.33. The summed E-state index contributed by atoms with van der Waals surface area (Å²) in [5.74, 6) is 0.242. The average molecular weight is 463 g/mol. The van der Waals surface area contributed by atoms with Crippen LogP contribution in [-0.2, 0) is 14.8 Å². The Balaban J connectivity index is 1.65. The Kier molecular flexibility index (Phi) is 6.02. The van der Waals surface area contributed by atoms with Crippen LogP contribution >= 0.6 is 15.9 Å². The maximum Gasteiger partial charge on any atom is 0.258 e. The number of ether oxygens (including phenoxy) is 1. The number of halogens is 1. The molecule has 3 N–H and O–H groups in total. The summed E-state index contributed by atoms with van der Waals surface area (Å²) in [6.45, 7) is 1.59. The first-order valence-corrected chi connectivity index (χ1v) is 10.8. The zero-order chi connectivity index (χ0) is 20.3. The highest BCUT2D eigenvalue weighted by molar-refractivity contribution is 9.10. The molecule has 3 aromatic rings. The fraction of sp³-hybridized carbons (Fsp3) is 0.150. The molecule has 0 saturated carbocycles. The van der Waals surface area contributed by atoms with Crippen LogP contribution in [0.2, 0.25) is 0 Å². The van der Waals surface area contributed by atoms with E-state index in [1.165, 1.54) is 12.1 Å². The summed E-state index contributed by atoms with van der Waals surface area (Å²) in [5.41, 5.74) is 0.631. The first kappa shape index (κ1) is 20.3. The highest BCUT2D eigenvalue weighted by atomic mass is 79.9. The number of carbonyl (C=O) groups excluding carboxylic acids is 1. The molecule has 0 aliphatic carbocycles. The fourth-order valence-corrected chi connectivity index (χ4v) is 3.97. The Labute approximate surface area is 171 Å². The summed E-state index contributed by atoms with van der Waals surface area (Å²) < 4.78 is 29.4. The monoisotopic (exact) mass is 462 g/mol. The molecule has 0 spiro atoms. The number of benzene rings is 3. The number of sulfonamides is 1. The molecule has 3 aromatic carbocycles. The van der Waals surface area contributed by atoms with Gasteiger partial charge in [0.1, 0.15) is 5.75 Å². The molecule has 8 heteroatoms. The largest absolute Gasteiger partial charge is 0.483 e. The Morgan fingerprint density at radius 1 is 1.14 bits per heavy atom. The van der Waals surface area contributed by atoms with E-state index in [1.807, 2.05) is 30.3 Å². The topological polar surface area (TPSA) is 98.5 Å². The molecule has 0 heterocycles. The van der Waals surface area contributed by atoms with Crippen molar-refractivity contribution in [3.8, 4) is 5.75 Å². The van der Waals surface area contributed by atoms with Crippen molar-refractivity contribution in [3.05, 3.63) is 70.7 Å². The van der Waals surface area contributed by atoms with Crippen LogP contribution < -0.4 is 15.2 Å². The van der Waals surface area contributed by atoms with Crippen molar-refractivity contribution >= 4 is 42.6 Å². The van der Waals surface area contributed by atoms with E-state index in [2.05, 4.69) is 21.2 Å². The molecule has 28 heavy (non-hydrogen) atoms. The van der Waals surface area contributed by atoms with Crippen molar-refractivity contribution < 1.29 is 17.9 Å². The fourth-order valence-electron chi connectivity index (χ4n) is 2.80. The van der Waals surface area contributed by atoms with Gasteiger partial charge in [0.15, 0.2) is 6.61 Å². The Bertz CT molecular complexity index is 1130. The molecule has 1 atom stereocenters. The number of nitrogens with two attached hydrogens (primary N) is 1. The van der Waals surface area contributed by atoms with Crippen LogP contribution in [-0.4, -0.2) is 20.9 Å². The van der Waals surface area contributed by atoms with Gasteiger partial charge in [0.25, 0.3) is 5.91 Å². The van der Waals surface area contributed by atoms with E-state index >= 15 is 0 Å². The third kappa shape index (κ3) is 4.70. The summed E-state index contributed by atoms with van der Waals surface area (Å²) in [5, 5.41) is 10.00. The zero-order valence-corrected chi connectivity index (χ0v) is 17.5. The minimum absolute atomic E-state index is 0.00226. The van der Waals surface area contributed by atoms with Gasteiger partial charge in [-0.3, -0.25) is 4.79 Å². The Hall–Kier alpha value is -2.42. The Morgan fingerprint density at radius 3 is 2.64 bits per heavy atom. The molecular formula is C20H19BrN2O4S. The van der Waals surface area contributed by atoms with Crippen molar-refractivity contribution in [2.75, 3.05) is 6.61 Å². The van der Waals surface area contributed by atoms with E-state index in [4.69, 9.17) is 9.88 Å². The lowest BCUT2D eigenvalue weighted by Crippen LogP contribution is -2.31. The molecule has 0 aliphatic rings. The minimum atomic E-state index is -3.80.